The van der Waals surface area contributed by atoms with Crippen molar-refractivity contribution >= 4 is 27.6 Å². The molecule has 0 amide bonds. The van der Waals surface area contributed by atoms with Crippen LogP contribution in [0.15, 0.2) is 35.7 Å². The first-order valence-electron chi connectivity index (χ1n) is 9.12. The minimum atomic E-state index is -3.69. The Balaban J connectivity index is 2.31. The summed E-state index contributed by atoms with van der Waals surface area (Å²) in [5.41, 5.74) is 1.81. The molecular weight excluding hydrogens is 426 g/mol. The van der Waals surface area contributed by atoms with Gasteiger partial charge in [0.2, 0.25) is 0 Å². The monoisotopic (exact) mass is 451 g/mol. The molecule has 0 radical (unpaired) electrons. The number of rotatable bonds is 11. The van der Waals surface area contributed by atoms with Gasteiger partial charge in [-0.25, -0.2) is 8.42 Å². The Morgan fingerprint density at radius 3 is 2.13 bits per heavy atom. The SMILES string of the molecule is COc1ccc(CS(=O)(=O)C=Cc2c(OC)cc(CO)cc2OC)cc1NCC(=O)O. The fourth-order valence-electron chi connectivity index (χ4n) is 2.85. The number of nitrogens with one attached hydrogen (secondary N) is 1. The predicted molar refractivity (Wildman–Crippen MR) is 116 cm³/mol. The summed E-state index contributed by atoms with van der Waals surface area (Å²) in [6.45, 7) is -0.555. The van der Waals surface area contributed by atoms with E-state index in [4.69, 9.17) is 19.3 Å². The Hall–Kier alpha value is -3.24. The summed E-state index contributed by atoms with van der Waals surface area (Å²) in [6.07, 6.45) is 1.38. The molecule has 2 aromatic carbocycles. The zero-order chi connectivity index (χ0) is 23.0. The molecule has 0 spiro atoms. The van der Waals surface area contributed by atoms with Crippen molar-refractivity contribution in [2.75, 3.05) is 33.2 Å². The quantitative estimate of drug-likeness (QED) is 0.471. The lowest BCUT2D eigenvalue weighted by atomic mass is 10.1. The molecule has 0 aliphatic heterocycles. The Morgan fingerprint density at radius 2 is 1.61 bits per heavy atom. The van der Waals surface area contributed by atoms with Crippen molar-refractivity contribution < 1.29 is 37.6 Å². The summed E-state index contributed by atoms with van der Waals surface area (Å²) in [6, 6.07) is 7.88. The highest BCUT2D eigenvalue weighted by Gasteiger charge is 2.14. The van der Waals surface area contributed by atoms with E-state index < -0.39 is 15.8 Å². The fourth-order valence-corrected chi connectivity index (χ4v) is 3.94. The van der Waals surface area contributed by atoms with Crippen molar-refractivity contribution in [2.24, 2.45) is 0 Å². The summed E-state index contributed by atoms with van der Waals surface area (Å²) in [5.74, 6) is -0.248. The molecule has 0 aliphatic carbocycles. The van der Waals surface area contributed by atoms with Gasteiger partial charge in [0.05, 0.1) is 44.9 Å². The molecule has 168 valence electrons. The second kappa shape index (κ2) is 10.7. The number of aliphatic hydroxyl groups is 1. The molecule has 3 N–H and O–H groups in total. The molecule has 0 aliphatic rings. The number of carboxylic acid groups (broad SMARTS) is 1. The van der Waals surface area contributed by atoms with E-state index in [9.17, 15) is 18.3 Å². The minimum Gasteiger partial charge on any atom is -0.496 e. The van der Waals surface area contributed by atoms with Gasteiger partial charge in [-0.2, -0.15) is 0 Å². The first-order chi connectivity index (χ1) is 14.7. The molecule has 0 aromatic heterocycles. The number of benzene rings is 2. The van der Waals surface area contributed by atoms with Crippen molar-refractivity contribution in [3.63, 3.8) is 0 Å². The van der Waals surface area contributed by atoms with Crippen molar-refractivity contribution in [1.29, 1.82) is 0 Å². The number of sulfone groups is 1. The van der Waals surface area contributed by atoms with Gasteiger partial charge in [0.25, 0.3) is 0 Å². The van der Waals surface area contributed by atoms with Crippen LogP contribution in [0.5, 0.6) is 17.2 Å². The van der Waals surface area contributed by atoms with Crippen LogP contribution in [0.1, 0.15) is 16.7 Å². The van der Waals surface area contributed by atoms with Crippen LogP contribution >= 0.6 is 0 Å². The van der Waals surface area contributed by atoms with Crippen LogP contribution in [0.4, 0.5) is 5.69 Å². The molecule has 0 unspecified atom stereocenters. The highest BCUT2D eigenvalue weighted by atomic mass is 32.2. The summed E-state index contributed by atoms with van der Waals surface area (Å²) < 4.78 is 41.1. The first-order valence-corrected chi connectivity index (χ1v) is 10.8. The van der Waals surface area contributed by atoms with E-state index in [1.807, 2.05) is 0 Å². The average molecular weight is 451 g/mol. The number of methoxy groups -OCH3 is 3. The molecule has 2 aromatic rings. The van der Waals surface area contributed by atoms with Gasteiger partial charge in [0.1, 0.15) is 23.8 Å². The van der Waals surface area contributed by atoms with Gasteiger partial charge in [-0.15, -0.1) is 0 Å². The average Bonchev–Trinajstić information content (AvgIpc) is 2.75. The summed E-state index contributed by atoms with van der Waals surface area (Å²) >= 11 is 0. The number of ether oxygens (including phenoxy) is 3. The number of carbonyl (C=O) groups is 1. The number of aliphatic hydroxyl groups excluding tert-OH is 1. The number of hydrogen-bond donors (Lipinski definition) is 3. The Labute approximate surface area is 180 Å². The van der Waals surface area contributed by atoms with Gasteiger partial charge in [0.15, 0.2) is 9.84 Å². The van der Waals surface area contributed by atoms with Crippen molar-refractivity contribution in [3.8, 4) is 17.2 Å². The van der Waals surface area contributed by atoms with E-state index >= 15 is 0 Å². The van der Waals surface area contributed by atoms with Crippen LogP contribution in [0, 0.1) is 0 Å². The molecule has 0 fully saturated rings. The number of hydrogen-bond acceptors (Lipinski definition) is 8. The topological polar surface area (TPSA) is 131 Å². The van der Waals surface area contributed by atoms with E-state index in [2.05, 4.69) is 5.32 Å². The molecule has 0 atom stereocenters. The fraction of sp³-hybridized carbons (Fsp3) is 0.286. The molecule has 0 heterocycles. The smallest absolute Gasteiger partial charge is 0.322 e. The molecule has 9 nitrogen and oxygen atoms in total. The van der Waals surface area contributed by atoms with Gasteiger partial charge in [-0.05, 0) is 41.5 Å². The zero-order valence-corrected chi connectivity index (χ0v) is 18.2. The number of aliphatic carboxylic acids is 1. The van der Waals surface area contributed by atoms with Crippen LogP contribution in [-0.2, 0) is 27.0 Å². The van der Waals surface area contributed by atoms with Crippen molar-refractivity contribution in [1.82, 2.24) is 0 Å². The lowest BCUT2D eigenvalue weighted by Crippen LogP contribution is -2.13. The first kappa shape index (κ1) is 24.0. The highest BCUT2D eigenvalue weighted by molar-refractivity contribution is 7.93. The number of carboxylic acids is 1. The van der Waals surface area contributed by atoms with E-state index in [-0.39, 0.29) is 18.9 Å². The second-order valence-corrected chi connectivity index (χ2v) is 8.35. The van der Waals surface area contributed by atoms with Crippen LogP contribution in [0.25, 0.3) is 6.08 Å². The van der Waals surface area contributed by atoms with Gasteiger partial charge in [0, 0.05) is 5.41 Å². The third kappa shape index (κ3) is 6.63. The van der Waals surface area contributed by atoms with Gasteiger partial charge < -0.3 is 29.7 Å². The molecule has 0 bridgehead atoms. The zero-order valence-electron chi connectivity index (χ0n) is 17.4. The summed E-state index contributed by atoms with van der Waals surface area (Å²) in [5, 5.41) is 22.0. The van der Waals surface area contributed by atoms with Crippen molar-refractivity contribution in [3.05, 3.63) is 52.4 Å². The normalized spacial score (nSPS) is 11.4. The summed E-state index contributed by atoms with van der Waals surface area (Å²) in [4.78, 5) is 10.8. The second-order valence-electron chi connectivity index (χ2n) is 6.46. The van der Waals surface area contributed by atoms with Crippen LogP contribution in [-0.4, -0.2) is 52.5 Å². The standard InChI is InChI=1S/C21H25NO8S/c1-28-18-5-4-14(8-17(18)22-11-21(24)25)13-31(26,27)7-6-16-19(29-2)9-15(12-23)10-20(16)30-3/h4-10,22-23H,11-13H2,1-3H3,(H,24,25). The van der Waals surface area contributed by atoms with Gasteiger partial charge in [-0.1, -0.05) is 6.07 Å². The lowest BCUT2D eigenvalue weighted by molar-refractivity contribution is -0.134. The van der Waals surface area contributed by atoms with E-state index in [1.54, 1.807) is 24.3 Å². The molecule has 0 saturated heterocycles. The Bertz CT molecular complexity index is 1040. The van der Waals surface area contributed by atoms with E-state index in [0.29, 0.717) is 39.6 Å². The largest absolute Gasteiger partial charge is 0.496 e. The maximum absolute atomic E-state index is 12.7. The number of anilines is 1. The lowest BCUT2D eigenvalue weighted by Gasteiger charge is -2.13. The van der Waals surface area contributed by atoms with E-state index in [0.717, 1.165) is 5.41 Å². The van der Waals surface area contributed by atoms with Gasteiger partial charge in [-0.3, -0.25) is 4.79 Å². The molecule has 10 heteroatoms. The maximum atomic E-state index is 12.7. The third-order valence-corrected chi connectivity index (χ3v) is 5.58. The highest BCUT2D eigenvalue weighted by Crippen LogP contribution is 2.32. The van der Waals surface area contributed by atoms with Gasteiger partial charge >= 0.3 is 5.97 Å². The predicted octanol–water partition coefficient (Wildman–Crippen LogP) is 2.29. The molecular formula is C21H25NO8S. The van der Waals surface area contributed by atoms with Crippen LogP contribution < -0.4 is 19.5 Å². The van der Waals surface area contributed by atoms with Crippen LogP contribution in [0.2, 0.25) is 0 Å². The molecule has 31 heavy (non-hydrogen) atoms. The minimum absolute atomic E-state index is 0.218. The molecule has 0 saturated carbocycles. The maximum Gasteiger partial charge on any atom is 0.322 e. The Kier molecular flexibility index (Phi) is 8.29. The third-order valence-electron chi connectivity index (χ3n) is 4.29. The van der Waals surface area contributed by atoms with Crippen LogP contribution in [0.3, 0.4) is 0 Å². The summed E-state index contributed by atoms with van der Waals surface area (Å²) in [7, 11) is 0.612. The Morgan fingerprint density at radius 1 is 1.00 bits per heavy atom. The molecule has 2 rings (SSSR count). The van der Waals surface area contributed by atoms with Crippen molar-refractivity contribution in [2.45, 2.75) is 12.4 Å². The van der Waals surface area contributed by atoms with E-state index in [1.165, 1.54) is 33.5 Å².